The van der Waals surface area contributed by atoms with Crippen LogP contribution in [0.25, 0.3) is 0 Å². The number of amides is 1. The maximum atomic E-state index is 12.6. The fourth-order valence-electron chi connectivity index (χ4n) is 3.49. The lowest BCUT2D eigenvalue weighted by molar-refractivity contribution is -0.122. The van der Waals surface area contributed by atoms with Gasteiger partial charge in [-0.25, -0.2) is 4.98 Å². The number of hydrogen-bond acceptors (Lipinski definition) is 5. The molecule has 2 aromatic rings. The summed E-state index contributed by atoms with van der Waals surface area (Å²) in [5.41, 5.74) is 3.53. The minimum Gasteiger partial charge on any atom is -0.480 e. The lowest BCUT2D eigenvalue weighted by Crippen LogP contribution is -2.31. The normalized spacial score (nSPS) is 20.2. The molecule has 4 rings (SSSR count). The predicted molar refractivity (Wildman–Crippen MR) is 99.6 cm³/mol. The van der Waals surface area contributed by atoms with Crippen LogP contribution < -0.4 is 15.4 Å². The molecule has 0 bridgehead atoms. The van der Waals surface area contributed by atoms with E-state index in [1.165, 1.54) is 16.0 Å². The smallest absolute Gasteiger partial charge is 0.267 e. The molecule has 0 aliphatic carbocycles. The molecule has 1 unspecified atom stereocenters. The molecule has 2 aliphatic rings. The van der Waals surface area contributed by atoms with Gasteiger partial charge < -0.3 is 10.1 Å². The average Bonchev–Trinajstić information content (AvgIpc) is 3.23. The Hall–Kier alpha value is -1.92. The van der Waals surface area contributed by atoms with Gasteiger partial charge >= 0.3 is 0 Å². The van der Waals surface area contributed by atoms with Crippen molar-refractivity contribution in [2.75, 3.05) is 18.4 Å². The third-order valence-electron chi connectivity index (χ3n) is 5.14. The van der Waals surface area contributed by atoms with Crippen molar-refractivity contribution in [3.8, 4) is 5.75 Å². The molecule has 1 saturated heterocycles. The van der Waals surface area contributed by atoms with Crippen molar-refractivity contribution >= 4 is 22.4 Å². The quantitative estimate of drug-likeness (QED) is 0.886. The molecule has 0 saturated carbocycles. The second kappa shape index (κ2) is 6.77. The van der Waals surface area contributed by atoms with Gasteiger partial charge in [0.2, 0.25) is 0 Å². The second-order valence-electron chi connectivity index (χ2n) is 6.94. The molecule has 0 spiro atoms. The number of anilines is 1. The first-order valence-corrected chi connectivity index (χ1v) is 9.66. The number of fused-ring (bicyclic) bond motifs is 1. The van der Waals surface area contributed by atoms with Gasteiger partial charge in [0.15, 0.2) is 11.2 Å². The molecule has 3 heterocycles. The number of aromatic nitrogens is 1. The first-order valence-electron chi connectivity index (χ1n) is 8.84. The summed E-state index contributed by atoms with van der Waals surface area (Å²) in [5, 5.41) is 6.98. The fraction of sp³-hybridized carbons (Fsp3) is 0.474. The van der Waals surface area contributed by atoms with Crippen LogP contribution in [0.15, 0.2) is 18.3 Å². The summed E-state index contributed by atoms with van der Waals surface area (Å²) in [6.45, 7) is 6.25. The van der Waals surface area contributed by atoms with E-state index in [0.717, 1.165) is 37.2 Å². The van der Waals surface area contributed by atoms with Gasteiger partial charge in [-0.1, -0.05) is 6.07 Å². The van der Waals surface area contributed by atoms with Gasteiger partial charge in [-0.15, -0.1) is 11.3 Å². The second-order valence-corrected chi connectivity index (χ2v) is 8.00. The highest BCUT2D eigenvalue weighted by atomic mass is 32.1. The summed E-state index contributed by atoms with van der Waals surface area (Å²) >= 11 is 1.59. The zero-order chi connectivity index (χ0) is 17.4. The van der Waals surface area contributed by atoms with Gasteiger partial charge in [0.25, 0.3) is 5.91 Å². The van der Waals surface area contributed by atoms with E-state index >= 15 is 0 Å². The summed E-state index contributed by atoms with van der Waals surface area (Å²) in [6.07, 6.45) is 4.33. The van der Waals surface area contributed by atoms with Crippen LogP contribution in [0.4, 0.5) is 5.13 Å². The third-order valence-corrected chi connectivity index (χ3v) is 6.21. The molecule has 2 aliphatic heterocycles. The van der Waals surface area contributed by atoms with Crippen molar-refractivity contribution in [3.05, 3.63) is 39.9 Å². The highest BCUT2D eigenvalue weighted by Crippen LogP contribution is 2.34. The minimum atomic E-state index is -0.470. The molecule has 1 aromatic heterocycles. The van der Waals surface area contributed by atoms with Crippen LogP contribution in [0, 0.1) is 13.8 Å². The van der Waals surface area contributed by atoms with Gasteiger partial charge in [-0.05, 0) is 68.5 Å². The van der Waals surface area contributed by atoms with Crippen molar-refractivity contribution in [2.45, 2.75) is 45.1 Å². The molecule has 1 aromatic carbocycles. The molecule has 1 fully saturated rings. The number of aryl methyl sites for hydroxylation is 2. The Bertz CT molecular complexity index is 765. The number of nitrogens with zero attached hydrogens (tertiary/aromatic N) is 1. The number of thiazole rings is 1. The van der Waals surface area contributed by atoms with Crippen molar-refractivity contribution in [2.24, 2.45) is 0 Å². The van der Waals surface area contributed by atoms with Crippen LogP contribution in [0.3, 0.4) is 0 Å². The zero-order valence-corrected chi connectivity index (χ0v) is 15.4. The summed E-state index contributed by atoms with van der Waals surface area (Å²) in [4.78, 5) is 18.2. The van der Waals surface area contributed by atoms with Gasteiger partial charge in [0, 0.05) is 17.5 Å². The Kier molecular flexibility index (Phi) is 4.48. The minimum absolute atomic E-state index is 0.113. The number of nitrogens with one attached hydrogen (secondary N) is 2. The first kappa shape index (κ1) is 16.5. The monoisotopic (exact) mass is 357 g/mol. The summed E-state index contributed by atoms with van der Waals surface area (Å²) in [6, 6.07) is 4.15. The first-order chi connectivity index (χ1) is 12.1. The van der Waals surface area contributed by atoms with E-state index in [4.69, 9.17) is 4.74 Å². The van der Waals surface area contributed by atoms with Gasteiger partial charge in [-0.2, -0.15) is 0 Å². The van der Waals surface area contributed by atoms with E-state index in [2.05, 4.69) is 35.5 Å². The highest BCUT2D eigenvalue weighted by Gasteiger charge is 2.30. The number of benzene rings is 1. The SMILES string of the molecule is Cc1cc2c(cc1C)OC(C(=O)Nc1ncc(C3CCNCC3)s1)C2. The van der Waals surface area contributed by atoms with E-state index in [1.54, 1.807) is 11.3 Å². The highest BCUT2D eigenvalue weighted by molar-refractivity contribution is 7.15. The van der Waals surface area contributed by atoms with Crippen molar-refractivity contribution < 1.29 is 9.53 Å². The summed E-state index contributed by atoms with van der Waals surface area (Å²) in [5.74, 6) is 1.28. The zero-order valence-electron chi connectivity index (χ0n) is 14.6. The topological polar surface area (TPSA) is 63.2 Å². The molecule has 132 valence electrons. The van der Waals surface area contributed by atoms with Crippen LogP contribution in [0.1, 0.15) is 40.3 Å². The van der Waals surface area contributed by atoms with Crippen molar-refractivity contribution in [1.82, 2.24) is 10.3 Å². The predicted octanol–water partition coefficient (Wildman–Crippen LogP) is 3.17. The summed E-state index contributed by atoms with van der Waals surface area (Å²) < 4.78 is 5.86. The lowest BCUT2D eigenvalue weighted by atomic mass is 9.97. The van der Waals surface area contributed by atoms with E-state index in [9.17, 15) is 4.79 Å². The molecule has 0 radical (unpaired) electrons. The Labute approximate surface area is 151 Å². The van der Waals surface area contributed by atoms with Gasteiger partial charge in [0.1, 0.15) is 5.75 Å². The average molecular weight is 357 g/mol. The maximum Gasteiger partial charge on any atom is 0.267 e. The van der Waals surface area contributed by atoms with Gasteiger partial charge in [-0.3, -0.25) is 10.1 Å². The van der Waals surface area contributed by atoms with Gasteiger partial charge in [0.05, 0.1) is 0 Å². The largest absolute Gasteiger partial charge is 0.480 e. The third kappa shape index (κ3) is 3.41. The van der Waals surface area contributed by atoms with Crippen LogP contribution >= 0.6 is 11.3 Å². The van der Waals surface area contributed by atoms with Crippen LogP contribution in [-0.2, 0) is 11.2 Å². The van der Waals surface area contributed by atoms with Crippen LogP contribution in [0.2, 0.25) is 0 Å². The van der Waals surface area contributed by atoms with Crippen LogP contribution in [-0.4, -0.2) is 30.1 Å². The number of carbonyl (C=O) groups is 1. The Morgan fingerprint density at radius 1 is 1.28 bits per heavy atom. The number of rotatable bonds is 3. The molecule has 6 heteroatoms. The van der Waals surface area contributed by atoms with Crippen molar-refractivity contribution in [1.29, 1.82) is 0 Å². The Morgan fingerprint density at radius 3 is 2.84 bits per heavy atom. The molecular formula is C19H23N3O2S. The summed E-state index contributed by atoms with van der Waals surface area (Å²) in [7, 11) is 0. The van der Waals surface area contributed by atoms with E-state index in [1.807, 2.05) is 12.3 Å². The molecule has 2 N–H and O–H groups in total. The number of piperidine rings is 1. The maximum absolute atomic E-state index is 12.6. The standard InChI is InChI=1S/C19H23N3O2S/c1-11-7-14-9-16(24-15(14)8-12(11)2)18(23)22-19-21-10-17(25-19)13-3-5-20-6-4-13/h7-8,10,13,16,20H,3-6,9H2,1-2H3,(H,21,22,23). The lowest BCUT2D eigenvalue weighted by Gasteiger charge is -2.20. The molecule has 25 heavy (non-hydrogen) atoms. The molecule has 1 atom stereocenters. The molecule has 1 amide bonds. The number of hydrogen-bond donors (Lipinski definition) is 2. The Morgan fingerprint density at radius 2 is 2.04 bits per heavy atom. The van der Waals surface area contributed by atoms with Crippen molar-refractivity contribution in [3.63, 3.8) is 0 Å². The number of ether oxygens (including phenoxy) is 1. The van der Waals surface area contributed by atoms with Crippen LogP contribution in [0.5, 0.6) is 5.75 Å². The number of carbonyl (C=O) groups excluding carboxylic acids is 1. The molecule has 5 nitrogen and oxygen atoms in total. The van der Waals surface area contributed by atoms with E-state index in [0.29, 0.717) is 17.5 Å². The van der Waals surface area contributed by atoms with E-state index in [-0.39, 0.29) is 5.91 Å². The van der Waals surface area contributed by atoms with E-state index < -0.39 is 6.10 Å². The Balaban J connectivity index is 1.40. The fourth-order valence-corrected chi connectivity index (χ4v) is 4.47. The molecular weight excluding hydrogens is 334 g/mol.